The molecule has 0 aliphatic heterocycles. The van der Waals surface area contributed by atoms with Gasteiger partial charge in [0.25, 0.3) is 0 Å². The van der Waals surface area contributed by atoms with Crippen molar-refractivity contribution < 1.29 is 44.0 Å². The van der Waals surface area contributed by atoms with Crippen LogP contribution in [0.25, 0.3) is 0 Å². The fraction of sp³-hybridized carbons (Fsp3) is 0.235. The number of hydrogen-bond acceptors (Lipinski definition) is 5. The third kappa shape index (κ3) is 7.81. The fourth-order valence-electron chi connectivity index (χ4n) is 2.11. The van der Waals surface area contributed by atoms with E-state index >= 15 is 0 Å². The smallest absolute Gasteiger partial charge is 0.357 e. The minimum Gasteiger partial charge on any atom is -0.357 e. The number of halogens is 7. The van der Waals surface area contributed by atoms with E-state index in [1.54, 1.807) is 0 Å². The molecule has 0 aliphatic carbocycles. The van der Waals surface area contributed by atoms with Crippen LogP contribution in [0.15, 0.2) is 47.6 Å². The Bertz CT molecular complexity index is 993. The van der Waals surface area contributed by atoms with Crippen LogP contribution in [0, 0.1) is 10.6 Å². The monoisotopic (exact) mass is 458 g/mol. The number of alkyl halides is 6. The number of benzene rings is 2. The molecule has 0 aromatic heterocycles. The Labute approximate surface area is 167 Å². The summed E-state index contributed by atoms with van der Waals surface area (Å²) >= 11 is 0. The van der Waals surface area contributed by atoms with Crippen LogP contribution in [0.4, 0.5) is 30.7 Å². The van der Waals surface area contributed by atoms with Gasteiger partial charge in [-0.15, -0.1) is 0 Å². The minimum atomic E-state index is -5.01. The summed E-state index contributed by atoms with van der Waals surface area (Å²) in [7, 11) is -2.61. The Hall–Kier alpha value is -2.96. The van der Waals surface area contributed by atoms with Crippen molar-refractivity contribution in [2.45, 2.75) is 25.7 Å². The first-order valence-corrected chi connectivity index (χ1v) is 8.92. The highest BCUT2D eigenvalue weighted by molar-refractivity contribution is 7.60. The van der Waals surface area contributed by atoms with Gasteiger partial charge < -0.3 is 4.84 Å². The molecule has 0 heterocycles. The van der Waals surface area contributed by atoms with Gasteiger partial charge in [-0.2, -0.15) is 39.5 Å². The standard InChI is InChI=1S/C17H12F7NO.HNO2S/c1-2-15(25-26-12-6-4-11(18)5-7-12)13-8-3-10(16(19,20)21)9-14(13)17(22,23)24;1-4(2)3/h3-9H,2H2,1H3;1H/b25-15+;. The predicted octanol–water partition coefficient (Wildman–Crippen LogP) is 5.68. The highest BCUT2D eigenvalue weighted by Gasteiger charge is 2.38. The lowest BCUT2D eigenvalue weighted by Crippen LogP contribution is -2.16. The Morgan fingerprint density at radius 2 is 1.53 bits per heavy atom. The summed E-state index contributed by atoms with van der Waals surface area (Å²) in [5, 5.41) is 3.59. The van der Waals surface area contributed by atoms with E-state index in [0.29, 0.717) is 12.1 Å². The van der Waals surface area contributed by atoms with Gasteiger partial charge in [0.05, 0.1) is 16.8 Å². The van der Waals surface area contributed by atoms with E-state index in [-0.39, 0.29) is 23.9 Å². The Morgan fingerprint density at radius 3 is 1.97 bits per heavy atom. The molecule has 164 valence electrons. The molecule has 13 heteroatoms. The molecular formula is C17H13F7N2O3S. The van der Waals surface area contributed by atoms with E-state index in [0.717, 1.165) is 12.1 Å². The third-order valence-corrected chi connectivity index (χ3v) is 3.37. The Morgan fingerprint density at radius 1 is 1.00 bits per heavy atom. The summed E-state index contributed by atoms with van der Waals surface area (Å²) < 4.78 is 113. The molecule has 0 saturated heterocycles. The lowest BCUT2D eigenvalue weighted by Gasteiger charge is -2.16. The molecule has 0 radical (unpaired) electrons. The molecule has 2 aromatic rings. The Kier molecular flexibility index (Phi) is 8.51. The normalized spacial score (nSPS) is 12.1. The summed E-state index contributed by atoms with van der Waals surface area (Å²) in [4.78, 5) is 4.97. The van der Waals surface area contributed by atoms with Crippen LogP contribution in [0.2, 0.25) is 0 Å². The average molecular weight is 458 g/mol. The maximum atomic E-state index is 13.2. The molecular weight excluding hydrogens is 445 g/mol. The number of oxime groups is 1. The molecule has 0 atom stereocenters. The number of rotatable bonds is 4. The molecule has 30 heavy (non-hydrogen) atoms. The van der Waals surface area contributed by atoms with Crippen LogP contribution in [-0.4, -0.2) is 14.1 Å². The zero-order valence-electron chi connectivity index (χ0n) is 15.0. The van der Waals surface area contributed by atoms with E-state index in [4.69, 9.17) is 18.0 Å². The van der Waals surface area contributed by atoms with E-state index < -0.39 is 45.4 Å². The van der Waals surface area contributed by atoms with E-state index in [1.165, 1.54) is 19.1 Å². The highest BCUT2D eigenvalue weighted by atomic mass is 32.2. The number of nitrogens with zero attached hydrogens (tertiary/aromatic N) is 1. The number of nitrogens with one attached hydrogen (secondary N) is 1. The molecule has 0 spiro atoms. The molecule has 0 saturated carbocycles. The second-order valence-corrected chi connectivity index (χ2v) is 5.90. The first kappa shape index (κ1) is 25.1. The van der Waals surface area contributed by atoms with Crippen LogP contribution in [0.5, 0.6) is 5.75 Å². The zero-order chi connectivity index (χ0) is 23.1. The van der Waals surface area contributed by atoms with Gasteiger partial charge in [-0.05, 0) is 42.8 Å². The van der Waals surface area contributed by atoms with Crippen LogP contribution >= 0.6 is 0 Å². The van der Waals surface area contributed by atoms with E-state index in [2.05, 4.69) is 5.16 Å². The van der Waals surface area contributed by atoms with Crippen molar-refractivity contribution in [3.63, 3.8) is 0 Å². The molecule has 0 fully saturated rings. The first-order chi connectivity index (χ1) is 13.8. The van der Waals surface area contributed by atoms with Crippen molar-refractivity contribution >= 4 is 16.2 Å². The quantitative estimate of drug-likeness (QED) is 0.364. The van der Waals surface area contributed by atoms with Crippen molar-refractivity contribution in [3.8, 4) is 5.75 Å². The van der Waals surface area contributed by atoms with Crippen LogP contribution in [-0.2, 0) is 22.9 Å². The SMILES string of the molecule is CC/C(=N\Oc1ccc(F)cc1)c1ccc(C(F)(F)F)cc1C(F)(F)F.N=S(=O)=O. The van der Waals surface area contributed by atoms with Crippen molar-refractivity contribution in [1.82, 2.24) is 0 Å². The van der Waals surface area contributed by atoms with Crippen molar-refractivity contribution in [2.75, 3.05) is 0 Å². The largest absolute Gasteiger partial charge is 0.417 e. The highest BCUT2D eigenvalue weighted by Crippen LogP contribution is 2.37. The van der Waals surface area contributed by atoms with Gasteiger partial charge in [0.2, 0.25) is 0 Å². The third-order valence-electron chi connectivity index (χ3n) is 3.37. The first-order valence-electron chi connectivity index (χ1n) is 7.84. The van der Waals surface area contributed by atoms with Crippen molar-refractivity contribution in [3.05, 3.63) is 65.0 Å². The fourth-order valence-corrected chi connectivity index (χ4v) is 2.11. The topological polar surface area (TPSA) is 79.6 Å². The zero-order valence-corrected chi connectivity index (χ0v) is 15.8. The molecule has 2 aromatic carbocycles. The molecule has 2 rings (SSSR count). The molecule has 1 N–H and O–H groups in total. The van der Waals surface area contributed by atoms with Crippen LogP contribution in [0.3, 0.4) is 0 Å². The summed E-state index contributed by atoms with van der Waals surface area (Å²) in [5.74, 6) is -0.475. The molecule has 0 bridgehead atoms. The molecule has 5 nitrogen and oxygen atoms in total. The van der Waals surface area contributed by atoms with Crippen LogP contribution in [0.1, 0.15) is 30.0 Å². The van der Waals surface area contributed by atoms with Gasteiger partial charge in [-0.1, -0.05) is 18.1 Å². The second kappa shape index (κ2) is 10.2. The van der Waals surface area contributed by atoms with Gasteiger partial charge in [0.15, 0.2) is 5.75 Å². The Balaban J connectivity index is 0.00000103. The maximum Gasteiger partial charge on any atom is 0.417 e. The van der Waals surface area contributed by atoms with Gasteiger partial charge in [0, 0.05) is 5.56 Å². The minimum absolute atomic E-state index is 0.0321. The van der Waals surface area contributed by atoms with Crippen molar-refractivity contribution in [2.24, 2.45) is 5.16 Å². The van der Waals surface area contributed by atoms with Crippen LogP contribution < -0.4 is 4.84 Å². The lowest BCUT2D eigenvalue weighted by atomic mass is 9.98. The van der Waals surface area contributed by atoms with Gasteiger partial charge >= 0.3 is 22.9 Å². The van der Waals surface area contributed by atoms with Gasteiger partial charge in [0.1, 0.15) is 5.82 Å². The average Bonchev–Trinajstić information content (AvgIpc) is 2.61. The molecule has 0 aliphatic rings. The summed E-state index contributed by atoms with van der Waals surface area (Å²) in [6, 6.07) is 5.85. The maximum absolute atomic E-state index is 13.2. The van der Waals surface area contributed by atoms with Crippen molar-refractivity contribution in [1.29, 1.82) is 4.78 Å². The number of hydrogen-bond donors (Lipinski definition) is 1. The van der Waals surface area contributed by atoms with Gasteiger partial charge in [-0.3, -0.25) is 0 Å². The molecule has 0 unspecified atom stereocenters. The summed E-state index contributed by atoms with van der Waals surface area (Å²) in [5.41, 5.74) is -3.59. The van der Waals surface area contributed by atoms with E-state index in [9.17, 15) is 30.7 Å². The van der Waals surface area contributed by atoms with Gasteiger partial charge in [-0.25, -0.2) is 4.39 Å². The lowest BCUT2D eigenvalue weighted by molar-refractivity contribution is -0.143. The predicted molar refractivity (Wildman–Crippen MR) is 91.9 cm³/mol. The summed E-state index contributed by atoms with van der Waals surface area (Å²) in [6.45, 7) is 1.48. The summed E-state index contributed by atoms with van der Waals surface area (Å²) in [6.07, 6.45) is -9.95. The molecule has 0 amide bonds. The second-order valence-electron chi connectivity index (χ2n) is 5.43. The van der Waals surface area contributed by atoms with E-state index in [1.807, 2.05) is 0 Å².